The third kappa shape index (κ3) is 2.32. The molecule has 2 bridgehead atoms. The van der Waals surface area contributed by atoms with Crippen LogP contribution in [-0.4, -0.2) is 19.2 Å². The number of fused-ring (bicyclic) bond motifs is 3. The van der Waals surface area contributed by atoms with Crippen molar-refractivity contribution in [2.75, 3.05) is 13.1 Å². The molecule has 1 N–H and O–H groups in total. The summed E-state index contributed by atoms with van der Waals surface area (Å²) >= 11 is 0. The molecular formula is C17H22FNO. The summed E-state index contributed by atoms with van der Waals surface area (Å²) in [6.07, 6.45) is 6.81. The molecule has 0 spiro atoms. The second kappa shape index (κ2) is 5.03. The zero-order chi connectivity index (χ0) is 13.5. The van der Waals surface area contributed by atoms with E-state index in [4.69, 9.17) is 4.74 Å². The van der Waals surface area contributed by atoms with E-state index in [2.05, 4.69) is 5.32 Å². The summed E-state index contributed by atoms with van der Waals surface area (Å²) < 4.78 is 19.0. The molecular weight excluding hydrogens is 253 g/mol. The van der Waals surface area contributed by atoms with Crippen LogP contribution in [0.25, 0.3) is 0 Å². The van der Waals surface area contributed by atoms with E-state index in [-0.39, 0.29) is 11.9 Å². The summed E-state index contributed by atoms with van der Waals surface area (Å²) in [6, 6.07) is 4.83. The van der Waals surface area contributed by atoms with Gasteiger partial charge in [-0.05, 0) is 61.8 Å². The van der Waals surface area contributed by atoms with Crippen molar-refractivity contribution in [3.05, 3.63) is 29.6 Å². The van der Waals surface area contributed by atoms with Crippen LogP contribution in [0.2, 0.25) is 0 Å². The Morgan fingerprint density at radius 1 is 1.20 bits per heavy atom. The van der Waals surface area contributed by atoms with Crippen LogP contribution in [-0.2, 0) is 6.42 Å². The number of rotatable bonds is 4. The molecule has 2 aliphatic carbocycles. The number of ether oxygens (including phenoxy) is 1. The van der Waals surface area contributed by atoms with Gasteiger partial charge >= 0.3 is 0 Å². The minimum absolute atomic E-state index is 0.164. The predicted octanol–water partition coefficient (Wildman–Crippen LogP) is 3.16. The van der Waals surface area contributed by atoms with Crippen molar-refractivity contribution < 1.29 is 9.13 Å². The SMILES string of the molecule is Fc1ccc2c(c1)CC(CNCC1CC3CCC1C3)O2. The first-order valence-corrected chi connectivity index (χ1v) is 7.94. The van der Waals surface area contributed by atoms with E-state index in [1.807, 2.05) is 0 Å². The second-order valence-corrected chi connectivity index (χ2v) is 6.79. The molecule has 0 aromatic heterocycles. The molecule has 4 rings (SSSR count). The molecule has 3 aliphatic rings. The van der Waals surface area contributed by atoms with Crippen LogP contribution >= 0.6 is 0 Å². The van der Waals surface area contributed by atoms with Gasteiger partial charge in [0.05, 0.1) is 0 Å². The zero-order valence-electron chi connectivity index (χ0n) is 11.8. The Hall–Kier alpha value is -1.09. The minimum Gasteiger partial charge on any atom is -0.488 e. The van der Waals surface area contributed by atoms with Crippen LogP contribution < -0.4 is 10.1 Å². The zero-order valence-corrected chi connectivity index (χ0v) is 11.8. The smallest absolute Gasteiger partial charge is 0.123 e. The van der Waals surface area contributed by atoms with Gasteiger partial charge in [0.15, 0.2) is 0 Å². The topological polar surface area (TPSA) is 21.3 Å². The van der Waals surface area contributed by atoms with Gasteiger partial charge in [0.25, 0.3) is 0 Å². The molecule has 20 heavy (non-hydrogen) atoms. The maximum Gasteiger partial charge on any atom is 0.123 e. The van der Waals surface area contributed by atoms with E-state index in [0.29, 0.717) is 0 Å². The van der Waals surface area contributed by atoms with E-state index < -0.39 is 0 Å². The van der Waals surface area contributed by atoms with Gasteiger partial charge in [-0.25, -0.2) is 4.39 Å². The molecule has 4 unspecified atom stereocenters. The van der Waals surface area contributed by atoms with Crippen molar-refractivity contribution in [3.8, 4) is 5.75 Å². The third-order valence-corrected chi connectivity index (χ3v) is 5.43. The Bertz CT molecular complexity index is 504. The van der Waals surface area contributed by atoms with Crippen LogP contribution in [0, 0.1) is 23.6 Å². The summed E-state index contributed by atoms with van der Waals surface area (Å²) in [7, 11) is 0. The molecule has 1 heterocycles. The molecule has 1 aromatic carbocycles. The average molecular weight is 275 g/mol. The lowest BCUT2D eigenvalue weighted by Crippen LogP contribution is -2.34. The molecule has 0 amide bonds. The maximum absolute atomic E-state index is 13.2. The highest BCUT2D eigenvalue weighted by Gasteiger charge is 2.39. The standard InChI is InChI=1S/C17H22FNO/c18-15-3-4-17-13(7-15)8-16(20-17)10-19-9-14-6-11-1-2-12(14)5-11/h3-4,7,11-12,14,16,19H,1-2,5-6,8-10H2. The highest BCUT2D eigenvalue weighted by Crippen LogP contribution is 2.47. The van der Waals surface area contributed by atoms with E-state index in [1.54, 1.807) is 12.1 Å². The van der Waals surface area contributed by atoms with Gasteiger partial charge in [0, 0.05) is 18.5 Å². The number of nitrogens with one attached hydrogen (secondary N) is 1. The van der Waals surface area contributed by atoms with Gasteiger partial charge in [-0.1, -0.05) is 6.42 Å². The lowest BCUT2D eigenvalue weighted by atomic mass is 9.89. The second-order valence-electron chi connectivity index (χ2n) is 6.79. The Balaban J connectivity index is 1.26. The summed E-state index contributed by atoms with van der Waals surface area (Å²) in [4.78, 5) is 0. The summed E-state index contributed by atoms with van der Waals surface area (Å²) in [5.41, 5.74) is 1.01. The quantitative estimate of drug-likeness (QED) is 0.911. The van der Waals surface area contributed by atoms with Crippen LogP contribution in [0.5, 0.6) is 5.75 Å². The van der Waals surface area contributed by atoms with E-state index >= 15 is 0 Å². The predicted molar refractivity (Wildman–Crippen MR) is 76.3 cm³/mol. The largest absolute Gasteiger partial charge is 0.488 e. The summed E-state index contributed by atoms with van der Waals surface area (Å²) in [6.45, 7) is 2.01. The van der Waals surface area contributed by atoms with Gasteiger partial charge in [0.1, 0.15) is 17.7 Å². The lowest BCUT2D eigenvalue weighted by Gasteiger charge is -2.22. The van der Waals surface area contributed by atoms with E-state index in [0.717, 1.165) is 48.6 Å². The molecule has 2 saturated carbocycles. The fraction of sp³-hybridized carbons (Fsp3) is 0.647. The van der Waals surface area contributed by atoms with Crippen LogP contribution in [0.15, 0.2) is 18.2 Å². The number of hydrogen-bond acceptors (Lipinski definition) is 2. The van der Waals surface area contributed by atoms with Gasteiger partial charge in [-0.2, -0.15) is 0 Å². The molecule has 0 radical (unpaired) electrons. The Morgan fingerprint density at radius 2 is 2.15 bits per heavy atom. The monoisotopic (exact) mass is 275 g/mol. The van der Waals surface area contributed by atoms with Crippen molar-refractivity contribution in [2.45, 2.75) is 38.2 Å². The first-order valence-electron chi connectivity index (χ1n) is 7.94. The van der Waals surface area contributed by atoms with Crippen LogP contribution in [0.3, 0.4) is 0 Å². The van der Waals surface area contributed by atoms with Crippen molar-refractivity contribution in [1.82, 2.24) is 5.32 Å². The number of hydrogen-bond donors (Lipinski definition) is 1. The molecule has 1 aliphatic heterocycles. The number of benzene rings is 1. The first-order chi connectivity index (χ1) is 9.78. The molecule has 4 atom stereocenters. The third-order valence-electron chi connectivity index (χ3n) is 5.43. The van der Waals surface area contributed by atoms with Gasteiger partial charge < -0.3 is 10.1 Å². The molecule has 1 aromatic rings. The molecule has 2 nitrogen and oxygen atoms in total. The first kappa shape index (κ1) is 12.6. The molecule has 108 valence electrons. The number of halogens is 1. The lowest BCUT2D eigenvalue weighted by molar-refractivity contribution is 0.218. The summed E-state index contributed by atoms with van der Waals surface area (Å²) in [5.74, 6) is 3.57. The Morgan fingerprint density at radius 3 is 2.95 bits per heavy atom. The van der Waals surface area contributed by atoms with Crippen molar-refractivity contribution in [2.24, 2.45) is 17.8 Å². The molecule has 2 fully saturated rings. The van der Waals surface area contributed by atoms with Gasteiger partial charge in [0.2, 0.25) is 0 Å². The Kier molecular flexibility index (Phi) is 3.18. The fourth-order valence-electron chi connectivity index (χ4n) is 4.46. The van der Waals surface area contributed by atoms with Crippen molar-refractivity contribution in [1.29, 1.82) is 0 Å². The van der Waals surface area contributed by atoms with Gasteiger partial charge in [-0.15, -0.1) is 0 Å². The Labute approximate surface area is 119 Å². The fourth-order valence-corrected chi connectivity index (χ4v) is 4.46. The molecule has 0 saturated heterocycles. The summed E-state index contributed by atoms with van der Waals surface area (Å²) in [5, 5.41) is 3.58. The van der Waals surface area contributed by atoms with Crippen molar-refractivity contribution in [3.63, 3.8) is 0 Å². The minimum atomic E-state index is -0.164. The molecule has 3 heteroatoms. The highest BCUT2D eigenvalue weighted by molar-refractivity contribution is 5.37. The van der Waals surface area contributed by atoms with E-state index in [1.165, 1.54) is 31.7 Å². The highest BCUT2D eigenvalue weighted by atomic mass is 19.1. The van der Waals surface area contributed by atoms with Crippen LogP contribution in [0.4, 0.5) is 4.39 Å². The van der Waals surface area contributed by atoms with E-state index in [9.17, 15) is 4.39 Å². The average Bonchev–Trinajstić information content (AvgIpc) is 3.12. The van der Waals surface area contributed by atoms with Crippen molar-refractivity contribution >= 4 is 0 Å². The normalized spacial score (nSPS) is 34.2. The maximum atomic E-state index is 13.2. The van der Waals surface area contributed by atoms with Gasteiger partial charge in [-0.3, -0.25) is 0 Å². The van der Waals surface area contributed by atoms with Crippen LogP contribution in [0.1, 0.15) is 31.2 Å².